The predicted molar refractivity (Wildman–Crippen MR) is 275 cm³/mol. The molecular weight excluding hydrogens is 793 g/mol. The second-order valence-corrected chi connectivity index (χ2v) is 20.9. The summed E-state index contributed by atoms with van der Waals surface area (Å²) in [5.41, 5.74) is 0. The van der Waals surface area contributed by atoms with Crippen molar-refractivity contribution in [1.29, 1.82) is 0 Å². The van der Waals surface area contributed by atoms with Gasteiger partial charge >= 0.3 is 17.9 Å². The summed E-state index contributed by atoms with van der Waals surface area (Å²) >= 11 is 0. The lowest BCUT2D eigenvalue weighted by atomic mass is 10.0. The number of ether oxygens (including phenoxy) is 3. The highest BCUT2D eigenvalue weighted by Crippen LogP contribution is 2.18. The van der Waals surface area contributed by atoms with Gasteiger partial charge in [0.05, 0.1) is 0 Å². The molecule has 0 aliphatic carbocycles. The summed E-state index contributed by atoms with van der Waals surface area (Å²) in [6, 6.07) is 0. The molecule has 0 N–H and O–H groups in total. The zero-order valence-corrected chi connectivity index (χ0v) is 43.9. The van der Waals surface area contributed by atoms with Gasteiger partial charge in [-0.1, -0.05) is 285 Å². The Hall–Kier alpha value is -1.59. The largest absolute Gasteiger partial charge is 0.462 e. The van der Waals surface area contributed by atoms with E-state index in [1.807, 2.05) is 0 Å². The Balaban J connectivity index is 4.16. The lowest BCUT2D eigenvalue weighted by Gasteiger charge is -2.18. The van der Waals surface area contributed by atoms with Crippen molar-refractivity contribution in [3.8, 4) is 0 Å². The highest BCUT2D eigenvalue weighted by Gasteiger charge is 2.19. The molecule has 380 valence electrons. The smallest absolute Gasteiger partial charge is 0.306 e. The van der Waals surface area contributed by atoms with Crippen LogP contribution in [0.5, 0.6) is 0 Å². The molecule has 0 aromatic heterocycles. The zero-order valence-electron chi connectivity index (χ0n) is 43.9. The molecular formula is C58H112O6. The number of carbonyl (C=O) groups excluding carboxylic acids is 3. The summed E-state index contributed by atoms with van der Waals surface area (Å²) in [5, 5.41) is 0. The van der Waals surface area contributed by atoms with Gasteiger partial charge in [0.2, 0.25) is 0 Å². The molecule has 0 fully saturated rings. The molecule has 6 heteroatoms. The van der Waals surface area contributed by atoms with Crippen LogP contribution in [-0.4, -0.2) is 37.2 Å². The summed E-state index contributed by atoms with van der Waals surface area (Å²) in [6.45, 7) is 11.4. The van der Waals surface area contributed by atoms with Crippen LogP contribution in [0, 0.1) is 11.8 Å². The Kier molecular flexibility index (Phi) is 49.6. The van der Waals surface area contributed by atoms with Crippen molar-refractivity contribution >= 4 is 17.9 Å². The van der Waals surface area contributed by atoms with Gasteiger partial charge in [-0.3, -0.25) is 14.4 Å². The topological polar surface area (TPSA) is 78.9 Å². The monoisotopic (exact) mass is 905 g/mol. The normalized spacial score (nSPS) is 12.0. The Bertz CT molecular complexity index is 978. The third-order valence-corrected chi connectivity index (χ3v) is 13.2. The Labute approximate surface area is 399 Å². The van der Waals surface area contributed by atoms with Crippen molar-refractivity contribution in [2.45, 2.75) is 330 Å². The first kappa shape index (κ1) is 62.4. The van der Waals surface area contributed by atoms with Crippen molar-refractivity contribution in [1.82, 2.24) is 0 Å². The highest BCUT2D eigenvalue weighted by atomic mass is 16.6. The fourth-order valence-electron chi connectivity index (χ4n) is 8.87. The summed E-state index contributed by atoms with van der Waals surface area (Å²) in [7, 11) is 0. The molecule has 0 aliphatic heterocycles. The van der Waals surface area contributed by atoms with E-state index in [4.69, 9.17) is 14.2 Å². The van der Waals surface area contributed by atoms with Crippen LogP contribution >= 0.6 is 0 Å². The van der Waals surface area contributed by atoms with E-state index in [9.17, 15) is 14.4 Å². The average molecular weight is 906 g/mol. The van der Waals surface area contributed by atoms with Crippen molar-refractivity contribution in [3.63, 3.8) is 0 Å². The van der Waals surface area contributed by atoms with Gasteiger partial charge in [0.25, 0.3) is 0 Å². The first-order chi connectivity index (χ1) is 31.2. The van der Waals surface area contributed by atoms with Gasteiger partial charge in [-0.2, -0.15) is 0 Å². The Morgan fingerprint density at radius 2 is 0.516 bits per heavy atom. The van der Waals surface area contributed by atoms with Crippen LogP contribution < -0.4 is 0 Å². The van der Waals surface area contributed by atoms with E-state index in [0.29, 0.717) is 19.3 Å². The van der Waals surface area contributed by atoms with E-state index in [1.165, 1.54) is 212 Å². The molecule has 0 bridgehead atoms. The van der Waals surface area contributed by atoms with Gasteiger partial charge in [0.15, 0.2) is 6.10 Å². The van der Waals surface area contributed by atoms with Crippen LogP contribution in [0.25, 0.3) is 0 Å². The summed E-state index contributed by atoms with van der Waals surface area (Å²) < 4.78 is 16.8. The fraction of sp³-hybridized carbons (Fsp3) is 0.948. The molecule has 0 saturated carbocycles. The maximum absolute atomic E-state index is 12.8. The average Bonchev–Trinajstić information content (AvgIpc) is 3.27. The molecule has 0 aliphatic rings. The lowest BCUT2D eigenvalue weighted by molar-refractivity contribution is -0.167. The van der Waals surface area contributed by atoms with Crippen LogP contribution in [-0.2, 0) is 28.6 Å². The molecule has 0 rings (SSSR count). The highest BCUT2D eigenvalue weighted by molar-refractivity contribution is 5.71. The molecule has 0 aromatic carbocycles. The molecule has 1 atom stereocenters. The summed E-state index contributed by atoms with van der Waals surface area (Å²) in [6.07, 6.45) is 54.0. The van der Waals surface area contributed by atoms with Crippen molar-refractivity contribution < 1.29 is 28.6 Å². The number of esters is 3. The fourth-order valence-corrected chi connectivity index (χ4v) is 8.87. The van der Waals surface area contributed by atoms with Crippen molar-refractivity contribution in [2.24, 2.45) is 11.8 Å². The molecule has 64 heavy (non-hydrogen) atoms. The first-order valence-corrected chi connectivity index (χ1v) is 28.7. The van der Waals surface area contributed by atoms with Gasteiger partial charge in [-0.25, -0.2) is 0 Å². The summed E-state index contributed by atoms with van der Waals surface area (Å²) in [4.78, 5) is 38.0. The van der Waals surface area contributed by atoms with Gasteiger partial charge in [-0.05, 0) is 31.1 Å². The maximum atomic E-state index is 12.8. The van der Waals surface area contributed by atoms with Crippen LogP contribution in [0.4, 0.5) is 0 Å². The van der Waals surface area contributed by atoms with Gasteiger partial charge < -0.3 is 14.2 Å². The minimum atomic E-state index is -0.763. The molecule has 0 amide bonds. The number of hydrogen-bond donors (Lipinski definition) is 0. The quantitative estimate of drug-likeness (QED) is 0.0344. The van der Waals surface area contributed by atoms with E-state index >= 15 is 0 Å². The lowest BCUT2D eigenvalue weighted by Crippen LogP contribution is -2.30. The van der Waals surface area contributed by atoms with Crippen LogP contribution in [0.3, 0.4) is 0 Å². The second-order valence-electron chi connectivity index (χ2n) is 20.9. The summed E-state index contributed by atoms with van der Waals surface area (Å²) in [5.74, 6) is 0.771. The molecule has 0 aromatic rings. The molecule has 0 saturated heterocycles. The molecule has 0 spiro atoms. The zero-order chi connectivity index (χ0) is 46.8. The minimum Gasteiger partial charge on any atom is -0.462 e. The first-order valence-electron chi connectivity index (χ1n) is 28.7. The number of rotatable bonds is 52. The predicted octanol–water partition coefficient (Wildman–Crippen LogP) is 18.9. The maximum Gasteiger partial charge on any atom is 0.306 e. The van der Waals surface area contributed by atoms with Crippen molar-refractivity contribution in [2.75, 3.05) is 13.2 Å². The molecule has 6 nitrogen and oxygen atoms in total. The van der Waals surface area contributed by atoms with E-state index in [1.54, 1.807) is 0 Å². The molecule has 0 unspecified atom stereocenters. The number of hydrogen-bond acceptors (Lipinski definition) is 6. The molecule has 0 heterocycles. The van der Waals surface area contributed by atoms with Crippen LogP contribution in [0.2, 0.25) is 0 Å². The van der Waals surface area contributed by atoms with Crippen LogP contribution in [0.15, 0.2) is 0 Å². The third-order valence-electron chi connectivity index (χ3n) is 13.2. The van der Waals surface area contributed by atoms with E-state index in [2.05, 4.69) is 34.6 Å². The Morgan fingerprint density at radius 3 is 0.766 bits per heavy atom. The Morgan fingerprint density at radius 1 is 0.297 bits per heavy atom. The third kappa shape index (κ3) is 51.4. The van der Waals surface area contributed by atoms with Crippen LogP contribution in [0.1, 0.15) is 324 Å². The van der Waals surface area contributed by atoms with Crippen molar-refractivity contribution in [3.05, 3.63) is 0 Å². The standard InChI is InChI=1S/C58H112O6/c1-6-7-8-9-10-11-12-13-14-20-23-26-29-32-38-43-48-56(59)62-51-55(64-58(61)50-45-40-35-34-37-42-47-54(4)5)52-63-57(60)49-44-39-33-30-27-24-21-18-16-15-17-19-22-25-28-31-36-41-46-53(2)3/h53-55H,6-52H2,1-5H3/t55-/m0/s1. The minimum absolute atomic E-state index is 0.0641. The second kappa shape index (κ2) is 50.8. The van der Waals surface area contributed by atoms with E-state index < -0.39 is 6.10 Å². The van der Waals surface area contributed by atoms with Gasteiger partial charge in [-0.15, -0.1) is 0 Å². The van der Waals surface area contributed by atoms with Gasteiger partial charge in [0.1, 0.15) is 13.2 Å². The SMILES string of the molecule is CCCCCCCCCCCCCCCCCCC(=O)OC[C@@H](COC(=O)CCCCCCCCCCCCCCCCCCCCC(C)C)OC(=O)CCCCCCCCC(C)C. The number of carbonyl (C=O) groups is 3. The molecule has 0 radical (unpaired) electrons. The number of unbranched alkanes of at least 4 members (excludes halogenated alkanes) is 37. The van der Waals surface area contributed by atoms with Gasteiger partial charge in [0, 0.05) is 19.3 Å². The van der Waals surface area contributed by atoms with E-state index in [0.717, 1.165) is 69.6 Å². The van der Waals surface area contributed by atoms with E-state index in [-0.39, 0.29) is 31.1 Å².